The second kappa shape index (κ2) is 7.35. The van der Waals surface area contributed by atoms with Gasteiger partial charge in [0, 0.05) is 11.1 Å². The van der Waals surface area contributed by atoms with Gasteiger partial charge < -0.3 is 14.2 Å². The summed E-state index contributed by atoms with van der Waals surface area (Å²) in [5.41, 5.74) is 8.40. The van der Waals surface area contributed by atoms with Crippen LogP contribution in [0.4, 0.5) is 0 Å². The zero-order valence-electron chi connectivity index (χ0n) is 17.1. The first-order chi connectivity index (χ1) is 13.7. The normalized spacial score (nSPS) is 17.8. The molecule has 28 heavy (non-hydrogen) atoms. The summed E-state index contributed by atoms with van der Waals surface area (Å²) in [6.45, 7) is 5.47. The Morgan fingerprint density at radius 3 is 2.25 bits per heavy atom. The molecule has 1 aliphatic heterocycles. The van der Waals surface area contributed by atoms with E-state index in [1.807, 2.05) is 0 Å². The molecule has 2 aliphatic carbocycles. The van der Waals surface area contributed by atoms with Crippen molar-refractivity contribution < 1.29 is 14.2 Å². The largest absolute Gasteiger partial charge is 0.490 e. The van der Waals surface area contributed by atoms with Gasteiger partial charge >= 0.3 is 0 Å². The van der Waals surface area contributed by atoms with Crippen LogP contribution in [0.15, 0.2) is 18.2 Å². The Bertz CT molecular complexity index is 863. The summed E-state index contributed by atoms with van der Waals surface area (Å²) in [6.07, 6.45) is 9.72. The lowest BCUT2D eigenvalue weighted by molar-refractivity contribution is 0.172. The van der Waals surface area contributed by atoms with Crippen molar-refractivity contribution in [3.8, 4) is 28.4 Å². The molecular weight excluding hydrogens is 348 g/mol. The summed E-state index contributed by atoms with van der Waals surface area (Å²) in [5.74, 6) is 2.87. The minimum absolute atomic E-state index is 0.146. The minimum atomic E-state index is 0.146. The van der Waals surface area contributed by atoms with Crippen molar-refractivity contribution in [1.82, 2.24) is 0 Å². The molecule has 0 aromatic heterocycles. The van der Waals surface area contributed by atoms with Crippen LogP contribution in [-0.2, 0) is 25.7 Å². The summed E-state index contributed by atoms with van der Waals surface area (Å²) in [5, 5.41) is 0. The standard InChI is InChI=1S/C25H30O3/c1-16(2)28-21-12-11-17-7-3-5-9-19(17)23(21)24-20-10-6-4-8-18(20)15-22-25(24)27-14-13-26-22/h11-12,15-16H,3-10,13-14H2,1-2H3. The van der Waals surface area contributed by atoms with Gasteiger partial charge in [0.15, 0.2) is 11.5 Å². The molecule has 3 aliphatic rings. The van der Waals surface area contributed by atoms with Gasteiger partial charge in [-0.25, -0.2) is 0 Å². The number of rotatable bonds is 3. The Hall–Kier alpha value is -2.16. The molecule has 0 saturated heterocycles. The summed E-state index contributed by atoms with van der Waals surface area (Å²) in [7, 11) is 0. The minimum Gasteiger partial charge on any atom is -0.490 e. The van der Waals surface area contributed by atoms with Gasteiger partial charge in [0.05, 0.1) is 6.10 Å². The highest BCUT2D eigenvalue weighted by Crippen LogP contribution is 2.51. The summed E-state index contributed by atoms with van der Waals surface area (Å²) in [6, 6.07) is 6.72. The number of aryl methyl sites for hydroxylation is 2. The second-order valence-corrected chi connectivity index (χ2v) is 8.57. The van der Waals surface area contributed by atoms with Crippen LogP contribution in [-0.4, -0.2) is 19.3 Å². The van der Waals surface area contributed by atoms with E-state index in [4.69, 9.17) is 14.2 Å². The van der Waals surface area contributed by atoms with Gasteiger partial charge in [-0.2, -0.15) is 0 Å². The molecule has 0 N–H and O–H groups in total. The Morgan fingerprint density at radius 2 is 1.46 bits per heavy atom. The van der Waals surface area contributed by atoms with E-state index in [0.717, 1.165) is 36.5 Å². The number of fused-ring (bicyclic) bond motifs is 3. The molecule has 0 unspecified atom stereocenters. The third-order valence-electron chi connectivity index (χ3n) is 6.26. The predicted molar refractivity (Wildman–Crippen MR) is 112 cm³/mol. The molecule has 0 bridgehead atoms. The Kier molecular flexibility index (Phi) is 4.70. The van der Waals surface area contributed by atoms with Gasteiger partial charge in [-0.15, -0.1) is 0 Å². The van der Waals surface area contributed by atoms with E-state index in [9.17, 15) is 0 Å². The number of hydrogen-bond acceptors (Lipinski definition) is 3. The molecule has 1 heterocycles. The van der Waals surface area contributed by atoms with Crippen molar-refractivity contribution in [3.63, 3.8) is 0 Å². The molecule has 0 atom stereocenters. The molecule has 0 fully saturated rings. The highest BCUT2D eigenvalue weighted by atomic mass is 16.6. The first-order valence-electron chi connectivity index (χ1n) is 11.0. The van der Waals surface area contributed by atoms with Gasteiger partial charge in [-0.05, 0) is 99.6 Å². The van der Waals surface area contributed by atoms with E-state index in [2.05, 4.69) is 32.0 Å². The molecule has 148 valence electrons. The van der Waals surface area contributed by atoms with Crippen LogP contribution >= 0.6 is 0 Å². The van der Waals surface area contributed by atoms with Crippen LogP contribution in [0.3, 0.4) is 0 Å². The summed E-state index contributed by atoms with van der Waals surface area (Å²) < 4.78 is 18.6. The average molecular weight is 379 g/mol. The Labute approximate surface area is 168 Å². The molecule has 0 saturated carbocycles. The van der Waals surface area contributed by atoms with Gasteiger partial charge in [0.25, 0.3) is 0 Å². The van der Waals surface area contributed by atoms with E-state index in [-0.39, 0.29) is 6.10 Å². The van der Waals surface area contributed by atoms with Crippen molar-refractivity contribution in [1.29, 1.82) is 0 Å². The lowest BCUT2D eigenvalue weighted by Gasteiger charge is -2.31. The highest BCUT2D eigenvalue weighted by Gasteiger charge is 2.30. The van der Waals surface area contributed by atoms with Gasteiger partial charge in [0.1, 0.15) is 19.0 Å². The lowest BCUT2D eigenvalue weighted by Crippen LogP contribution is -2.19. The molecule has 0 spiro atoms. The molecule has 5 rings (SSSR count). The zero-order valence-corrected chi connectivity index (χ0v) is 17.1. The molecule has 0 amide bonds. The Morgan fingerprint density at radius 1 is 0.786 bits per heavy atom. The second-order valence-electron chi connectivity index (χ2n) is 8.57. The molecule has 3 nitrogen and oxygen atoms in total. The summed E-state index contributed by atoms with van der Waals surface area (Å²) >= 11 is 0. The van der Waals surface area contributed by atoms with Crippen molar-refractivity contribution >= 4 is 0 Å². The fourth-order valence-electron chi connectivity index (χ4n) is 5.10. The Balaban J connectivity index is 1.81. The van der Waals surface area contributed by atoms with E-state index < -0.39 is 0 Å². The fourth-order valence-corrected chi connectivity index (χ4v) is 5.10. The van der Waals surface area contributed by atoms with E-state index in [0.29, 0.717) is 13.2 Å². The zero-order chi connectivity index (χ0) is 19.1. The first-order valence-corrected chi connectivity index (χ1v) is 11.0. The van der Waals surface area contributed by atoms with Crippen LogP contribution in [0.2, 0.25) is 0 Å². The third-order valence-corrected chi connectivity index (χ3v) is 6.26. The molecule has 2 aromatic rings. The number of benzene rings is 2. The topological polar surface area (TPSA) is 27.7 Å². The average Bonchev–Trinajstić information content (AvgIpc) is 2.72. The van der Waals surface area contributed by atoms with Crippen molar-refractivity contribution in [3.05, 3.63) is 40.5 Å². The first kappa shape index (κ1) is 17.9. The highest BCUT2D eigenvalue weighted by molar-refractivity contribution is 5.86. The van der Waals surface area contributed by atoms with Gasteiger partial charge in [0.2, 0.25) is 0 Å². The monoisotopic (exact) mass is 378 g/mol. The molecule has 2 aromatic carbocycles. The van der Waals surface area contributed by atoms with Crippen LogP contribution in [0.1, 0.15) is 61.8 Å². The maximum atomic E-state index is 6.35. The van der Waals surface area contributed by atoms with E-state index in [1.165, 1.54) is 65.5 Å². The maximum Gasteiger partial charge on any atom is 0.169 e. The molecular formula is C25H30O3. The predicted octanol–water partition coefficient (Wildman–Crippen LogP) is 5.67. The van der Waals surface area contributed by atoms with E-state index in [1.54, 1.807) is 0 Å². The van der Waals surface area contributed by atoms with Crippen molar-refractivity contribution in [2.75, 3.05) is 13.2 Å². The third kappa shape index (κ3) is 3.05. The van der Waals surface area contributed by atoms with E-state index >= 15 is 0 Å². The fraction of sp³-hybridized carbons (Fsp3) is 0.520. The number of hydrogen-bond donors (Lipinski definition) is 0. The lowest BCUT2D eigenvalue weighted by atomic mass is 9.80. The number of ether oxygens (including phenoxy) is 3. The van der Waals surface area contributed by atoms with Crippen LogP contribution in [0.5, 0.6) is 17.2 Å². The smallest absolute Gasteiger partial charge is 0.169 e. The van der Waals surface area contributed by atoms with Crippen LogP contribution in [0, 0.1) is 0 Å². The summed E-state index contributed by atoms with van der Waals surface area (Å²) in [4.78, 5) is 0. The molecule has 0 radical (unpaired) electrons. The van der Waals surface area contributed by atoms with Gasteiger partial charge in [-0.3, -0.25) is 0 Å². The van der Waals surface area contributed by atoms with Crippen LogP contribution < -0.4 is 14.2 Å². The molecule has 3 heteroatoms. The van der Waals surface area contributed by atoms with Crippen molar-refractivity contribution in [2.24, 2.45) is 0 Å². The van der Waals surface area contributed by atoms with Gasteiger partial charge in [-0.1, -0.05) is 6.07 Å². The SMILES string of the molecule is CC(C)Oc1ccc2c(c1-c1c3c(cc4c1OCCO4)CCCC3)CCCC2. The maximum absolute atomic E-state index is 6.35. The van der Waals surface area contributed by atoms with Crippen LogP contribution in [0.25, 0.3) is 11.1 Å². The quantitative estimate of drug-likeness (QED) is 0.689. The van der Waals surface area contributed by atoms with Crippen molar-refractivity contribution in [2.45, 2.75) is 71.3 Å².